The van der Waals surface area contributed by atoms with E-state index in [1.54, 1.807) is 26.0 Å². The van der Waals surface area contributed by atoms with Crippen molar-refractivity contribution in [1.82, 2.24) is 4.98 Å². The van der Waals surface area contributed by atoms with E-state index in [1.807, 2.05) is 26.0 Å². The van der Waals surface area contributed by atoms with E-state index in [4.69, 9.17) is 9.47 Å². The van der Waals surface area contributed by atoms with E-state index in [-0.39, 0.29) is 35.8 Å². The molecule has 7 heteroatoms. The van der Waals surface area contributed by atoms with Crippen molar-refractivity contribution in [3.05, 3.63) is 51.4 Å². The zero-order chi connectivity index (χ0) is 20.1. The zero-order valence-electron chi connectivity index (χ0n) is 15.9. The highest BCUT2D eigenvalue weighted by atomic mass is 31.0. The van der Waals surface area contributed by atoms with Crippen molar-refractivity contribution in [3.63, 3.8) is 0 Å². The number of carbonyl (C=O) groups is 2. The van der Waals surface area contributed by atoms with Gasteiger partial charge in [0.1, 0.15) is 5.56 Å². The average Bonchev–Trinajstić information content (AvgIpc) is 2.61. The van der Waals surface area contributed by atoms with Gasteiger partial charge in [-0.15, -0.1) is 9.24 Å². The van der Waals surface area contributed by atoms with E-state index >= 15 is 0 Å². The van der Waals surface area contributed by atoms with E-state index in [2.05, 4.69) is 14.2 Å². The number of nitrogens with one attached hydrogen (secondary N) is 1. The fraction of sp³-hybridized carbons (Fsp3) is 0.350. The number of benzene rings is 1. The van der Waals surface area contributed by atoms with E-state index < -0.39 is 17.5 Å². The van der Waals surface area contributed by atoms with Gasteiger partial charge in [0.15, 0.2) is 0 Å². The molecule has 1 atom stereocenters. The molecule has 0 aliphatic rings. The molecule has 2 aromatic rings. The van der Waals surface area contributed by atoms with E-state index in [0.29, 0.717) is 11.3 Å². The van der Waals surface area contributed by atoms with Gasteiger partial charge < -0.3 is 14.5 Å². The standard InChI is InChI=1S/C20H24NO5P/c1-5-25-19(23)15-14(12-7-9-13(27)10-8-12)16(20(24)26-6-2)18(22)21-17(15)11(3)4/h7-11H,5-6,27H2,1-4H3,(H,21,22). The summed E-state index contributed by atoms with van der Waals surface area (Å²) in [6, 6.07) is 7.15. The largest absolute Gasteiger partial charge is 0.462 e. The second-order valence-corrected chi connectivity index (χ2v) is 6.88. The number of H-pyrrole nitrogens is 1. The molecule has 0 radical (unpaired) electrons. The third kappa shape index (κ3) is 4.45. The van der Waals surface area contributed by atoms with Crippen LogP contribution in [0.1, 0.15) is 60.0 Å². The van der Waals surface area contributed by atoms with Crippen molar-refractivity contribution in [2.24, 2.45) is 0 Å². The Balaban J connectivity index is 2.94. The highest BCUT2D eigenvalue weighted by molar-refractivity contribution is 7.27. The molecular weight excluding hydrogens is 365 g/mol. The molecule has 0 aliphatic carbocycles. The number of aromatic amines is 1. The normalized spacial score (nSPS) is 10.7. The number of esters is 2. The van der Waals surface area contributed by atoms with Gasteiger partial charge in [0.25, 0.3) is 5.56 Å². The highest BCUT2D eigenvalue weighted by Gasteiger charge is 2.29. The smallest absolute Gasteiger partial charge is 0.344 e. The summed E-state index contributed by atoms with van der Waals surface area (Å²) < 4.78 is 10.3. The number of carbonyl (C=O) groups excluding carboxylic acids is 2. The van der Waals surface area contributed by atoms with Crippen LogP contribution in [0, 0.1) is 0 Å². The summed E-state index contributed by atoms with van der Waals surface area (Å²) in [4.78, 5) is 40.7. The molecule has 144 valence electrons. The number of ether oxygens (including phenoxy) is 2. The first-order valence-electron chi connectivity index (χ1n) is 8.82. The molecule has 0 fully saturated rings. The van der Waals surface area contributed by atoms with Gasteiger partial charge in [-0.2, -0.15) is 0 Å². The Morgan fingerprint density at radius 3 is 2.00 bits per heavy atom. The van der Waals surface area contributed by atoms with Crippen molar-refractivity contribution >= 4 is 26.5 Å². The summed E-state index contributed by atoms with van der Waals surface area (Å²) in [5, 5.41) is 0.933. The summed E-state index contributed by atoms with van der Waals surface area (Å²) in [5.41, 5.74) is 0.642. The monoisotopic (exact) mass is 389 g/mol. The Hall–Kier alpha value is -2.46. The lowest BCUT2D eigenvalue weighted by Crippen LogP contribution is -2.27. The maximum atomic E-state index is 12.8. The highest BCUT2D eigenvalue weighted by Crippen LogP contribution is 2.31. The van der Waals surface area contributed by atoms with Crippen LogP contribution < -0.4 is 10.9 Å². The zero-order valence-corrected chi connectivity index (χ0v) is 17.1. The van der Waals surface area contributed by atoms with Gasteiger partial charge in [0.2, 0.25) is 0 Å². The minimum absolute atomic E-state index is 0.114. The molecular formula is C20H24NO5P. The molecule has 0 amide bonds. The molecule has 27 heavy (non-hydrogen) atoms. The number of hydrogen-bond acceptors (Lipinski definition) is 5. The number of pyridine rings is 1. The van der Waals surface area contributed by atoms with Crippen molar-refractivity contribution < 1.29 is 19.1 Å². The minimum Gasteiger partial charge on any atom is -0.462 e. The molecule has 0 saturated heterocycles. The molecule has 1 heterocycles. The van der Waals surface area contributed by atoms with Crippen LogP contribution in [0.5, 0.6) is 0 Å². The van der Waals surface area contributed by atoms with Crippen molar-refractivity contribution in [1.29, 1.82) is 0 Å². The van der Waals surface area contributed by atoms with Crippen LogP contribution in [0.15, 0.2) is 29.1 Å². The fourth-order valence-corrected chi connectivity index (χ4v) is 3.00. The van der Waals surface area contributed by atoms with E-state index in [9.17, 15) is 14.4 Å². The van der Waals surface area contributed by atoms with Crippen LogP contribution in [-0.2, 0) is 9.47 Å². The van der Waals surface area contributed by atoms with Crippen LogP contribution in [0.4, 0.5) is 0 Å². The van der Waals surface area contributed by atoms with Crippen LogP contribution in [-0.4, -0.2) is 30.1 Å². The van der Waals surface area contributed by atoms with Gasteiger partial charge >= 0.3 is 11.9 Å². The Labute approximate surface area is 160 Å². The van der Waals surface area contributed by atoms with Crippen molar-refractivity contribution in [2.45, 2.75) is 33.6 Å². The van der Waals surface area contributed by atoms with E-state index in [1.165, 1.54) is 0 Å². The topological polar surface area (TPSA) is 85.5 Å². The second-order valence-electron chi connectivity index (χ2n) is 6.21. The van der Waals surface area contributed by atoms with E-state index in [0.717, 1.165) is 5.30 Å². The summed E-state index contributed by atoms with van der Waals surface area (Å²) in [7, 11) is 2.57. The van der Waals surface area contributed by atoms with Crippen LogP contribution >= 0.6 is 9.24 Å². The number of hydrogen-bond donors (Lipinski definition) is 1. The first-order chi connectivity index (χ1) is 12.8. The maximum absolute atomic E-state index is 12.8. The molecule has 1 unspecified atom stereocenters. The molecule has 6 nitrogen and oxygen atoms in total. The molecule has 0 saturated carbocycles. The SMILES string of the molecule is CCOC(=O)c1c(C(C)C)[nH]c(=O)c(C(=O)OCC)c1-c1ccc(P)cc1. The summed E-state index contributed by atoms with van der Waals surface area (Å²) in [6.45, 7) is 7.36. The summed E-state index contributed by atoms with van der Waals surface area (Å²) in [6.07, 6.45) is 0. The maximum Gasteiger partial charge on any atom is 0.344 e. The summed E-state index contributed by atoms with van der Waals surface area (Å²) in [5.74, 6) is -1.52. The molecule has 0 spiro atoms. The van der Waals surface area contributed by atoms with Gasteiger partial charge in [-0.3, -0.25) is 4.79 Å². The molecule has 1 aromatic heterocycles. The molecule has 1 N–H and O–H groups in total. The lowest BCUT2D eigenvalue weighted by atomic mass is 9.91. The van der Waals surface area contributed by atoms with Gasteiger partial charge in [-0.1, -0.05) is 38.1 Å². The minimum atomic E-state index is -0.774. The Bertz CT molecular complexity index is 900. The molecule has 0 bridgehead atoms. The third-order valence-corrected chi connectivity index (χ3v) is 4.37. The second kappa shape index (κ2) is 8.96. The van der Waals surface area contributed by atoms with Crippen LogP contribution in [0.25, 0.3) is 11.1 Å². The lowest BCUT2D eigenvalue weighted by molar-refractivity contribution is 0.0523. The first-order valence-corrected chi connectivity index (χ1v) is 9.39. The number of aromatic nitrogens is 1. The van der Waals surface area contributed by atoms with Gasteiger partial charge in [0.05, 0.1) is 18.8 Å². The predicted molar refractivity (Wildman–Crippen MR) is 108 cm³/mol. The molecule has 2 rings (SSSR count). The molecule has 0 aliphatic heterocycles. The third-order valence-electron chi connectivity index (χ3n) is 3.98. The van der Waals surface area contributed by atoms with Gasteiger partial charge in [-0.05, 0) is 30.6 Å². The van der Waals surface area contributed by atoms with Gasteiger partial charge in [-0.25, -0.2) is 9.59 Å². The van der Waals surface area contributed by atoms with Crippen LogP contribution in [0.2, 0.25) is 0 Å². The Kier molecular flexibility index (Phi) is 6.92. The Morgan fingerprint density at radius 2 is 1.52 bits per heavy atom. The molecule has 1 aromatic carbocycles. The number of rotatable bonds is 6. The van der Waals surface area contributed by atoms with Crippen molar-refractivity contribution in [3.8, 4) is 11.1 Å². The average molecular weight is 389 g/mol. The van der Waals surface area contributed by atoms with Gasteiger partial charge in [0, 0.05) is 11.3 Å². The fourth-order valence-electron chi connectivity index (χ4n) is 2.81. The summed E-state index contributed by atoms with van der Waals surface area (Å²) >= 11 is 0. The quantitative estimate of drug-likeness (QED) is 0.606. The Morgan fingerprint density at radius 1 is 1.00 bits per heavy atom. The lowest BCUT2D eigenvalue weighted by Gasteiger charge is -2.19. The van der Waals surface area contributed by atoms with Crippen molar-refractivity contribution in [2.75, 3.05) is 13.2 Å². The first kappa shape index (κ1) is 20.8. The van der Waals surface area contributed by atoms with Crippen LogP contribution in [0.3, 0.4) is 0 Å². The predicted octanol–water partition coefficient (Wildman–Crippen LogP) is 3.02.